The van der Waals surface area contributed by atoms with Crippen LogP contribution in [0.15, 0.2) is 77.2 Å². The van der Waals surface area contributed by atoms with Crippen LogP contribution in [0.2, 0.25) is 0 Å². The minimum atomic E-state index is -4.49. The maximum Gasteiger partial charge on any atom is 0.416 e. The maximum absolute atomic E-state index is 13.1. The van der Waals surface area contributed by atoms with Crippen molar-refractivity contribution in [1.29, 1.82) is 0 Å². The van der Waals surface area contributed by atoms with Gasteiger partial charge in [0.1, 0.15) is 13.2 Å². The molecule has 2 rings (SSSR count). The Hall–Kier alpha value is -4.15. The second-order valence-corrected chi connectivity index (χ2v) is 7.70. The van der Waals surface area contributed by atoms with Crippen LogP contribution in [-0.2, 0) is 25.2 Å². The Balaban J connectivity index is 2.12. The van der Waals surface area contributed by atoms with E-state index in [0.29, 0.717) is 11.4 Å². The van der Waals surface area contributed by atoms with Crippen molar-refractivity contribution < 1.29 is 37.3 Å². The molecular weight excluding hydrogens is 479 g/mol. The van der Waals surface area contributed by atoms with Gasteiger partial charge >= 0.3 is 18.1 Å². The van der Waals surface area contributed by atoms with Crippen LogP contribution in [0.1, 0.15) is 18.1 Å². The van der Waals surface area contributed by atoms with Gasteiger partial charge in [-0.2, -0.15) is 23.4 Å². The molecule has 0 aliphatic rings. The Bertz CT molecular complexity index is 1110. The van der Waals surface area contributed by atoms with E-state index in [9.17, 15) is 22.8 Å². The zero-order chi connectivity index (χ0) is 26.9. The molecule has 192 valence electrons. The van der Waals surface area contributed by atoms with Gasteiger partial charge in [0.15, 0.2) is 5.76 Å². The van der Waals surface area contributed by atoms with Gasteiger partial charge in [0, 0.05) is 11.3 Å². The first-order valence-corrected chi connectivity index (χ1v) is 10.7. The van der Waals surface area contributed by atoms with E-state index < -0.39 is 29.4 Å². The van der Waals surface area contributed by atoms with Crippen molar-refractivity contribution in [1.82, 2.24) is 0 Å². The Kier molecular flexibility index (Phi) is 9.77. The summed E-state index contributed by atoms with van der Waals surface area (Å²) in [5.41, 5.74) is 0.683. The number of hydrogen-bond donors (Lipinski definition) is 1. The molecule has 0 saturated heterocycles. The zero-order valence-electron chi connectivity index (χ0n) is 19.8. The summed E-state index contributed by atoms with van der Waals surface area (Å²) in [6.45, 7) is 9.90. The number of hydrogen-bond acceptors (Lipinski definition) is 8. The number of ether oxygens (including phenoxy) is 2. The molecule has 0 amide bonds. The first kappa shape index (κ1) is 28.1. The normalized spacial score (nSPS) is 11.2. The van der Waals surface area contributed by atoms with Crippen molar-refractivity contribution in [2.75, 3.05) is 31.2 Å². The average Bonchev–Trinajstić information content (AvgIpc) is 2.81. The molecule has 0 fully saturated rings. The number of carbonyl (C=O) groups excluding carboxylic acids is 2. The predicted molar refractivity (Wildman–Crippen MR) is 128 cm³/mol. The van der Waals surface area contributed by atoms with Gasteiger partial charge in [-0.25, -0.2) is 9.59 Å². The first-order chi connectivity index (χ1) is 16.9. The number of nitrogens with zero attached hydrogens (tertiary/aromatic N) is 3. The highest BCUT2D eigenvalue weighted by Gasteiger charge is 2.32. The lowest BCUT2D eigenvalue weighted by Gasteiger charge is -2.24. The number of aliphatic hydroxyl groups excluding tert-OH is 1. The Morgan fingerprint density at radius 2 is 1.47 bits per heavy atom. The molecule has 0 atom stereocenters. The summed E-state index contributed by atoms with van der Waals surface area (Å²) in [4.78, 5) is 24.8. The van der Waals surface area contributed by atoms with E-state index in [1.807, 2.05) is 0 Å². The Morgan fingerprint density at radius 1 is 0.944 bits per heavy atom. The molecule has 0 radical (unpaired) electrons. The van der Waals surface area contributed by atoms with Crippen LogP contribution in [-0.4, -0.2) is 43.3 Å². The highest BCUT2D eigenvalue weighted by Crippen LogP contribution is 2.34. The standard InChI is InChI=1S/C25H26F3N3O5/c1-16(2)23(33)35-13-11-31(12-14-36-24(34)18(4)32)21-9-7-19(8-10-21)29-30-20-6-5-17(3)22(15-20)25(26,27)28/h5-10,15,32H,1,4,11-14H2,2-3H3. The number of aliphatic hydroxyl groups is 1. The predicted octanol–water partition coefficient (Wildman–Crippen LogP) is 5.97. The molecule has 0 heterocycles. The molecule has 2 aromatic carbocycles. The molecule has 0 aliphatic carbocycles. The Morgan fingerprint density at radius 3 is 2.00 bits per heavy atom. The fraction of sp³-hybridized carbons (Fsp3) is 0.280. The summed E-state index contributed by atoms with van der Waals surface area (Å²) in [5.74, 6) is -2.22. The molecule has 0 aliphatic heterocycles. The van der Waals surface area contributed by atoms with Gasteiger partial charge in [0.25, 0.3) is 0 Å². The number of esters is 2. The maximum atomic E-state index is 13.1. The lowest BCUT2D eigenvalue weighted by Crippen LogP contribution is -2.32. The summed E-state index contributed by atoms with van der Waals surface area (Å²) in [5, 5.41) is 17.0. The number of rotatable bonds is 11. The molecule has 0 saturated carbocycles. The van der Waals surface area contributed by atoms with Crippen molar-refractivity contribution >= 4 is 29.0 Å². The third-order valence-electron chi connectivity index (χ3n) is 4.80. The fourth-order valence-corrected chi connectivity index (χ4v) is 2.90. The van der Waals surface area contributed by atoms with Gasteiger partial charge in [0.05, 0.1) is 30.0 Å². The second kappa shape index (κ2) is 12.5. The number of anilines is 1. The van der Waals surface area contributed by atoms with Gasteiger partial charge in [-0.15, -0.1) is 0 Å². The van der Waals surface area contributed by atoms with E-state index in [-0.39, 0.29) is 43.1 Å². The smallest absolute Gasteiger partial charge is 0.416 e. The molecule has 36 heavy (non-hydrogen) atoms. The lowest BCUT2D eigenvalue weighted by atomic mass is 10.1. The van der Waals surface area contributed by atoms with E-state index in [2.05, 4.69) is 23.4 Å². The lowest BCUT2D eigenvalue weighted by molar-refractivity contribution is -0.141. The molecule has 0 bridgehead atoms. The monoisotopic (exact) mass is 505 g/mol. The number of benzene rings is 2. The first-order valence-electron chi connectivity index (χ1n) is 10.7. The molecule has 0 aromatic heterocycles. The van der Waals surface area contributed by atoms with E-state index in [0.717, 1.165) is 6.07 Å². The molecule has 11 heteroatoms. The largest absolute Gasteiger partial charge is 0.502 e. The average molecular weight is 505 g/mol. The number of carbonyl (C=O) groups is 2. The highest BCUT2D eigenvalue weighted by molar-refractivity contribution is 5.87. The summed E-state index contributed by atoms with van der Waals surface area (Å²) >= 11 is 0. The number of halogens is 3. The van der Waals surface area contributed by atoms with E-state index in [4.69, 9.17) is 14.6 Å². The van der Waals surface area contributed by atoms with Crippen LogP contribution >= 0.6 is 0 Å². The third-order valence-corrected chi connectivity index (χ3v) is 4.80. The molecular formula is C25H26F3N3O5. The quantitative estimate of drug-likeness (QED) is 0.175. The molecule has 2 aromatic rings. The highest BCUT2D eigenvalue weighted by atomic mass is 19.4. The van der Waals surface area contributed by atoms with Crippen molar-refractivity contribution in [2.24, 2.45) is 10.2 Å². The van der Waals surface area contributed by atoms with E-state index in [1.54, 1.807) is 29.2 Å². The summed E-state index contributed by atoms with van der Waals surface area (Å²) in [7, 11) is 0. The topological polar surface area (TPSA) is 101 Å². The number of alkyl halides is 3. The third kappa shape index (κ3) is 8.57. The van der Waals surface area contributed by atoms with E-state index in [1.165, 1.54) is 26.0 Å². The van der Waals surface area contributed by atoms with Crippen LogP contribution in [0.5, 0.6) is 0 Å². The van der Waals surface area contributed by atoms with Gasteiger partial charge < -0.3 is 19.5 Å². The molecule has 1 N–H and O–H groups in total. The minimum absolute atomic E-state index is 0.0305. The van der Waals surface area contributed by atoms with Gasteiger partial charge in [-0.3, -0.25) is 0 Å². The van der Waals surface area contributed by atoms with Crippen molar-refractivity contribution in [3.8, 4) is 0 Å². The minimum Gasteiger partial charge on any atom is -0.502 e. The SMILES string of the molecule is C=C(C)C(=O)OCCN(CCOC(=O)C(=C)O)c1ccc(N=Nc2ccc(C)c(C(F)(F)F)c2)cc1. The van der Waals surface area contributed by atoms with Gasteiger partial charge in [0.2, 0.25) is 0 Å². The number of azo groups is 1. The summed E-state index contributed by atoms with van der Waals surface area (Å²) < 4.78 is 49.3. The van der Waals surface area contributed by atoms with Crippen LogP contribution in [0.4, 0.5) is 30.2 Å². The summed E-state index contributed by atoms with van der Waals surface area (Å²) in [6.07, 6.45) is -4.49. The van der Waals surface area contributed by atoms with Gasteiger partial charge in [-0.1, -0.05) is 12.6 Å². The van der Waals surface area contributed by atoms with Crippen molar-refractivity contribution in [3.05, 3.63) is 78.1 Å². The fourth-order valence-electron chi connectivity index (χ4n) is 2.90. The number of aryl methyl sites for hydroxylation is 1. The van der Waals surface area contributed by atoms with Crippen LogP contribution in [0, 0.1) is 6.92 Å². The van der Waals surface area contributed by atoms with Gasteiger partial charge in [-0.05, 0) is 62.4 Å². The van der Waals surface area contributed by atoms with Crippen molar-refractivity contribution in [2.45, 2.75) is 20.0 Å². The van der Waals surface area contributed by atoms with Crippen LogP contribution < -0.4 is 4.90 Å². The van der Waals surface area contributed by atoms with E-state index >= 15 is 0 Å². The van der Waals surface area contributed by atoms with Crippen LogP contribution in [0.25, 0.3) is 0 Å². The Labute approximate surface area is 206 Å². The molecule has 0 spiro atoms. The zero-order valence-corrected chi connectivity index (χ0v) is 19.8. The second-order valence-electron chi connectivity index (χ2n) is 7.70. The molecule has 8 nitrogen and oxygen atoms in total. The van der Waals surface area contributed by atoms with Crippen LogP contribution in [0.3, 0.4) is 0 Å². The molecule has 0 unspecified atom stereocenters. The summed E-state index contributed by atoms with van der Waals surface area (Å²) in [6, 6.07) is 10.3. The van der Waals surface area contributed by atoms with Crippen molar-refractivity contribution in [3.63, 3.8) is 0 Å².